The van der Waals surface area contributed by atoms with Crippen LogP contribution in [0.15, 0.2) is 72.8 Å². The van der Waals surface area contributed by atoms with E-state index in [-0.39, 0.29) is 24.4 Å². The van der Waals surface area contributed by atoms with Crippen LogP contribution in [0.2, 0.25) is 5.02 Å². The maximum absolute atomic E-state index is 12.5. The van der Waals surface area contributed by atoms with Gasteiger partial charge in [-0.2, -0.15) is 0 Å². The van der Waals surface area contributed by atoms with Gasteiger partial charge in [-0.3, -0.25) is 9.59 Å². The molecular weight excluding hydrogens is 398 g/mol. The lowest BCUT2D eigenvalue weighted by atomic mass is 10.1. The number of carbonyl (C=O) groups is 2. The molecule has 6 heteroatoms. The van der Waals surface area contributed by atoms with E-state index in [1.165, 1.54) is 0 Å². The van der Waals surface area contributed by atoms with Crippen LogP contribution in [0.1, 0.15) is 34.5 Å². The second kappa shape index (κ2) is 9.94. The smallest absolute Gasteiger partial charge is 0.251 e. The van der Waals surface area contributed by atoms with Crippen molar-refractivity contribution in [2.24, 2.45) is 0 Å². The lowest BCUT2D eigenvalue weighted by molar-refractivity contribution is -0.114. The van der Waals surface area contributed by atoms with Crippen LogP contribution in [0.4, 0.5) is 11.4 Å². The Kier molecular flexibility index (Phi) is 7.09. The van der Waals surface area contributed by atoms with Gasteiger partial charge < -0.3 is 16.0 Å². The molecule has 3 aromatic carbocycles. The Morgan fingerprint density at radius 1 is 0.933 bits per heavy atom. The molecule has 0 aliphatic rings. The zero-order valence-electron chi connectivity index (χ0n) is 16.9. The fourth-order valence-electron chi connectivity index (χ4n) is 2.90. The van der Waals surface area contributed by atoms with Crippen LogP contribution >= 0.6 is 11.6 Å². The summed E-state index contributed by atoms with van der Waals surface area (Å²) in [4.78, 5) is 24.6. The Bertz CT molecular complexity index is 1020. The zero-order chi connectivity index (χ0) is 21.5. The number of rotatable bonds is 7. The van der Waals surface area contributed by atoms with Gasteiger partial charge in [-0.05, 0) is 61.4 Å². The van der Waals surface area contributed by atoms with Gasteiger partial charge in [0.1, 0.15) is 0 Å². The molecule has 2 amide bonds. The van der Waals surface area contributed by atoms with Crippen molar-refractivity contribution < 1.29 is 9.59 Å². The van der Waals surface area contributed by atoms with E-state index in [2.05, 4.69) is 16.0 Å². The van der Waals surface area contributed by atoms with Gasteiger partial charge in [-0.15, -0.1) is 0 Å². The first-order valence-electron chi connectivity index (χ1n) is 9.68. The molecule has 3 aromatic rings. The summed E-state index contributed by atoms with van der Waals surface area (Å²) in [6.07, 6.45) is 0. The molecule has 1 atom stereocenters. The molecule has 0 aliphatic carbocycles. The van der Waals surface area contributed by atoms with Crippen molar-refractivity contribution in [3.8, 4) is 0 Å². The SMILES string of the molecule is Cc1ccc(NCC(=O)Nc2ccc(C(=O)NC(C)c3ccccc3)cc2)cc1Cl. The summed E-state index contributed by atoms with van der Waals surface area (Å²) < 4.78 is 0. The number of nitrogens with one attached hydrogen (secondary N) is 3. The highest BCUT2D eigenvalue weighted by atomic mass is 35.5. The van der Waals surface area contributed by atoms with Gasteiger partial charge in [-0.25, -0.2) is 0 Å². The Balaban J connectivity index is 1.51. The second-order valence-electron chi connectivity index (χ2n) is 7.05. The van der Waals surface area contributed by atoms with Crippen molar-refractivity contribution in [1.82, 2.24) is 5.32 Å². The lowest BCUT2D eigenvalue weighted by Gasteiger charge is -2.14. The summed E-state index contributed by atoms with van der Waals surface area (Å²) >= 11 is 6.09. The van der Waals surface area contributed by atoms with Crippen molar-refractivity contribution in [3.05, 3.63) is 94.5 Å². The summed E-state index contributed by atoms with van der Waals surface area (Å²) in [5.74, 6) is -0.358. The molecule has 3 rings (SSSR count). The Hall–Kier alpha value is -3.31. The first-order valence-corrected chi connectivity index (χ1v) is 10.1. The molecule has 3 N–H and O–H groups in total. The Morgan fingerprint density at radius 2 is 1.60 bits per heavy atom. The quantitative estimate of drug-likeness (QED) is 0.491. The minimum Gasteiger partial charge on any atom is -0.376 e. The molecule has 154 valence electrons. The van der Waals surface area contributed by atoms with Crippen LogP contribution in [0, 0.1) is 6.92 Å². The van der Waals surface area contributed by atoms with Crippen LogP contribution < -0.4 is 16.0 Å². The third-order valence-electron chi connectivity index (χ3n) is 4.70. The molecule has 0 fully saturated rings. The van der Waals surface area contributed by atoms with E-state index in [1.54, 1.807) is 30.3 Å². The average molecular weight is 422 g/mol. The first kappa shape index (κ1) is 21.4. The number of hydrogen-bond donors (Lipinski definition) is 3. The van der Waals surface area contributed by atoms with Crippen LogP contribution in [0.3, 0.4) is 0 Å². The number of amides is 2. The summed E-state index contributed by atoms with van der Waals surface area (Å²) in [7, 11) is 0. The molecule has 0 heterocycles. The molecule has 1 unspecified atom stereocenters. The summed E-state index contributed by atoms with van der Waals surface area (Å²) in [6.45, 7) is 3.97. The number of benzene rings is 3. The highest BCUT2D eigenvalue weighted by molar-refractivity contribution is 6.31. The molecule has 0 saturated carbocycles. The molecule has 0 aromatic heterocycles. The fraction of sp³-hybridized carbons (Fsp3) is 0.167. The van der Waals surface area contributed by atoms with E-state index in [4.69, 9.17) is 11.6 Å². The maximum Gasteiger partial charge on any atom is 0.251 e. The predicted molar refractivity (Wildman–Crippen MR) is 122 cm³/mol. The number of hydrogen-bond acceptors (Lipinski definition) is 3. The third-order valence-corrected chi connectivity index (χ3v) is 5.11. The molecule has 0 saturated heterocycles. The van der Waals surface area contributed by atoms with Crippen LogP contribution in [0.5, 0.6) is 0 Å². The number of halogens is 1. The van der Waals surface area contributed by atoms with Crippen molar-refractivity contribution in [1.29, 1.82) is 0 Å². The van der Waals surface area contributed by atoms with Gasteiger partial charge in [0.05, 0.1) is 12.6 Å². The van der Waals surface area contributed by atoms with E-state index < -0.39 is 0 Å². The normalized spacial score (nSPS) is 11.4. The van der Waals surface area contributed by atoms with E-state index in [9.17, 15) is 9.59 Å². The zero-order valence-corrected chi connectivity index (χ0v) is 17.7. The highest BCUT2D eigenvalue weighted by Gasteiger charge is 2.11. The van der Waals surface area contributed by atoms with Crippen molar-refractivity contribution in [2.75, 3.05) is 17.2 Å². The second-order valence-corrected chi connectivity index (χ2v) is 7.46. The minimum absolute atomic E-state index is 0.0977. The summed E-state index contributed by atoms with van der Waals surface area (Å²) in [6, 6.07) is 22.0. The van der Waals surface area contributed by atoms with E-state index in [0.29, 0.717) is 16.3 Å². The molecule has 0 bridgehead atoms. The van der Waals surface area contributed by atoms with Crippen molar-refractivity contribution >= 4 is 34.8 Å². The molecular formula is C24H24ClN3O2. The topological polar surface area (TPSA) is 70.2 Å². The van der Waals surface area contributed by atoms with Gasteiger partial charge in [0.15, 0.2) is 0 Å². The minimum atomic E-state index is -0.193. The molecule has 30 heavy (non-hydrogen) atoms. The molecule has 0 spiro atoms. The van der Waals surface area contributed by atoms with E-state index >= 15 is 0 Å². The van der Waals surface area contributed by atoms with Crippen LogP contribution in [-0.2, 0) is 4.79 Å². The Morgan fingerprint density at radius 3 is 2.27 bits per heavy atom. The van der Waals surface area contributed by atoms with E-state index in [0.717, 1.165) is 16.8 Å². The van der Waals surface area contributed by atoms with E-state index in [1.807, 2.05) is 56.3 Å². The number of aryl methyl sites for hydroxylation is 1. The van der Waals surface area contributed by atoms with Crippen LogP contribution in [0.25, 0.3) is 0 Å². The van der Waals surface area contributed by atoms with Gasteiger partial charge in [0.25, 0.3) is 5.91 Å². The first-order chi connectivity index (χ1) is 14.4. The summed E-state index contributed by atoms with van der Waals surface area (Å²) in [5.41, 5.74) is 3.95. The highest BCUT2D eigenvalue weighted by Crippen LogP contribution is 2.20. The van der Waals surface area contributed by atoms with Gasteiger partial charge >= 0.3 is 0 Å². The molecule has 0 radical (unpaired) electrons. The number of carbonyl (C=O) groups excluding carboxylic acids is 2. The van der Waals surface area contributed by atoms with Crippen LogP contribution in [-0.4, -0.2) is 18.4 Å². The van der Waals surface area contributed by atoms with Crippen molar-refractivity contribution in [2.45, 2.75) is 19.9 Å². The van der Waals surface area contributed by atoms with Gasteiger partial charge in [-0.1, -0.05) is 48.0 Å². The van der Waals surface area contributed by atoms with Crippen molar-refractivity contribution in [3.63, 3.8) is 0 Å². The average Bonchev–Trinajstić information content (AvgIpc) is 2.75. The van der Waals surface area contributed by atoms with Gasteiger partial charge in [0, 0.05) is 22.0 Å². The fourth-order valence-corrected chi connectivity index (χ4v) is 3.08. The monoisotopic (exact) mass is 421 g/mol. The lowest BCUT2D eigenvalue weighted by Crippen LogP contribution is -2.26. The number of anilines is 2. The standard InChI is InChI=1S/C24H24ClN3O2/c1-16-8-11-21(14-22(16)25)26-15-23(29)28-20-12-9-19(10-13-20)24(30)27-17(2)18-6-4-3-5-7-18/h3-14,17,26H,15H2,1-2H3,(H,27,30)(H,28,29). The van der Waals surface area contributed by atoms with Gasteiger partial charge in [0.2, 0.25) is 5.91 Å². The summed E-state index contributed by atoms with van der Waals surface area (Å²) in [5, 5.41) is 9.47. The molecule has 0 aliphatic heterocycles. The third kappa shape index (κ3) is 5.84. The predicted octanol–water partition coefficient (Wildman–Crippen LogP) is 5.19. The Labute approximate surface area is 181 Å². The maximum atomic E-state index is 12.5. The largest absolute Gasteiger partial charge is 0.376 e. The molecule has 5 nitrogen and oxygen atoms in total.